The molecule has 27 heavy (non-hydrogen) atoms. The summed E-state index contributed by atoms with van der Waals surface area (Å²) in [5, 5.41) is 12.3. The van der Waals surface area contributed by atoms with Crippen molar-refractivity contribution >= 4 is 34.9 Å². The third-order valence-corrected chi connectivity index (χ3v) is 4.55. The highest BCUT2D eigenvalue weighted by atomic mass is 32.2. The summed E-state index contributed by atoms with van der Waals surface area (Å²) < 4.78 is 10.2. The Bertz CT molecular complexity index is 749. The second-order valence-corrected chi connectivity index (χ2v) is 6.58. The van der Waals surface area contributed by atoms with Crippen molar-refractivity contribution in [3.05, 3.63) is 28.7 Å². The topological polar surface area (TPSA) is 105 Å². The number of hydrogen-bond acceptors (Lipinski definition) is 7. The molecule has 2 N–H and O–H groups in total. The average Bonchev–Trinajstić information content (AvgIpc) is 2.90. The molecule has 0 atom stereocenters. The Hall–Kier alpha value is -2.52. The predicted molar refractivity (Wildman–Crippen MR) is 101 cm³/mol. The first-order chi connectivity index (χ1) is 13.0. The Morgan fingerprint density at radius 2 is 2.15 bits per heavy atom. The largest absolute Gasteiger partial charge is 0.504 e. The van der Waals surface area contributed by atoms with Crippen LogP contribution in [0.15, 0.2) is 23.1 Å². The van der Waals surface area contributed by atoms with Gasteiger partial charge in [-0.3, -0.25) is 19.3 Å². The number of ether oxygens (including phenoxy) is 2. The summed E-state index contributed by atoms with van der Waals surface area (Å²) in [7, 11) is 1.57. The number of carbonyl (C=O) groups excluding carboxylic acids is 3. The van der Waals surface area contributed by atoms with E-state index in [1.165, 1.54) is 6.08 Å². The second-order valence-electron chi connectivity index (χ2n) is 5.59. The van der Waals surface area contributed by atoms with Gasteiger partial charge in [-0.25, -0.2) is 0 Å². The highest BCUT2D eigenvalue weighted by molar-refractivity contribution is 8.18. The molecule has 1 aromatic carbocycles. The van der Waals surface area contributed by atoms with Gasteiger partial charge < -0.3 is 19.9 Å². The van der Waals surface area contributed by atoms with Crippen LogP contribution in [0.5, 0.6) is 11.5 Å². The molecule has 146 valence electrons. The number of nitrogens with one attached hydrogen (secondary N) is 1. The van der Waals surface area contributed by atoms with Crippen molar-refractivity contribution in [1.29, 1.82) is 0 Å². The number of carbonyl (C=O) groups is 3. The first-order valence-electron chi connectivity index (χ1n) is 8.43. The molecule has 0 aliphatic carbocycles. The van der Waals surface area contributed by atoms with Gasteiger partial charge in [0.2, 0.25) is 5.91 Å². The number of amides is 3. The zero-order valence-corrected chi connectivity index (χ0v) is 16.0. The molecule has 1 saturated heterocycles. The van der Waals surface area contributed by atoms with Gasteiger partial charge in [0.1, 0.15) is 6.54 Å². The molecule has 1 aromatic rings. The van der Waals surface area contributed by atoms with Gasteiger partial charge in [0.25, 0.3) is 11.1 Å². The van der Waals surface area contributed by atoms with Gasteiger partial charge in [-0.2, -0.15) is 0 Å². The molecule has 0 unspecified atom stereocenters. The minimum atomic E-state index is -0.571. The van der Waals surface area contributed by atoms with Crippen LogP contribution in [-0.4, -0.2) is 60.5 Å². The molecule has 2 rings (SSSR count). The molecule has 1 aliphatic heterocycles. The Kier molecular flexibility index (Phi) is 7.68. The SMILES string of the molecule is CCOc1cccc(/C=C2\SC(=O)N(CC(=O)NCCCOC)C2=O)c1O. The monoisotopic (exact) mass is 394 g/mol. The quantitative estimate of drug-likeness (QED) is 0.487. The normalized spacial score (nSPS) is 15.5. The fourth-order valence-corrected chi connectivity index (χ4v) is 3.18. The van der Waals surface area contributed by atoms with Crippen LogP contribution in [0.4, 0.5) is 4.79 Å². The molecule has 0 spiro atoms. The highest BCUT2D eigenvalue weighted by Crippen LogP contribution is 2.36. The number of benzene rings is 1. The lowest BCUT2D eigenvalue weighted by Crippen LogP contribution is -2.39. The maximum Gasteiger partial charge on any atom is 0.294 e. The van der Waals surface area contributed by atoms with Crippen LogP contribution in [0.2, 0.25) is 0 Å². The Labute approximate surface area is 161 Å². The lowest BCUT2D eigenvalue weighted by Gasteiger charge is -2.12. The van der Waals surface area contributed by atoms with Gasteiger partial charge in [0.15, 0.2) is 11.5 Å². The molecule has 1 fully saturated rings. The van der Waals surface area contributed by atoms with E-state index in [4.69, 9.17) is 9.47 Å². The summed E-state index contributed by atoms with van der Waals surface area (Å²) in [6.45, 7) is 2.73. The zero-order valence-electron chi connectivity index (χ0n) is 15.2. The third kappa shape index (κ3) is 5.48. The number of phenols is 1. The number of methoxy groups -OCH3 is 1. The molecular formula is C18H22N2O6S. The summed E-state index contributed by atoms with van der Waals surface area (Å²) in [4.78, 5) is 37.5. The van der Waals surface area contributed by atoms with E-state index >= 15 is 0 Å². The molecular weight excluding hydrogens is 372 g/mol. The Morgan fingerprint density at radius 3 is 2.85 bits per heavy atom. The van der Waals surface area contributed by atoms with E-state index < -0.39 is 17.1 Å². The minimum Gasteiger partial charge on any atom is -0.504 e. The van der Waals surface area contributed by atoms with E-state index in [0.717, 1.165) is 16.7 Å². The van der Waals surface area contributed by atoms with E-state index in [2.05, 4.69) is 5.32 Å². The van der Waals surface area contributed by atoms with Crippen molar-refractivity contribution in [1.82, 2.24) is 10.2 Å². The fraction of sp³-hybridized carbons (Fsp3) is 0.389. The molecule has 0 radical (unpaired) electrons. The minimum absolute atomic E-state index is 0.109. The van der Waals surface area contributed by atoms with Crippen LogP contribution in [-0.2, 0) is 14.3 Å². The summed E-state index contributed by atoms with van der Waals surface area (Å²) in [6, 6.07) is 4.89. The van der Waals surface area contributed by atoms with Crippen LogP contribution in [0.25, 0.3) is 6.08 Å². The molecule has 3 amide bonds. The van der Waals surface area contributed by atoms with E-state index in [9.17, 15) is 19.5 Å². The Morgan fingerprint density at radius 1 is 1.37 bits per heavy atom. The number of nitrogens with zero attached hydrogens (tertiary/aromatic N) is 1. The van der Waals surface area contributed by atoms with Gasteiger partial charge in [-0.05, 0) is 37.2 Å². The molecule has 8 nitrogen and oxygen atoms in total. The van der Waals surface area contributed by atoms with Crippen molar-refractivity contribution in [3.63, 3.8) is 0 Å². The summed E-state index contributed by atoms with van der Waals surface area (Å²) in [6.07, 6.45) is 2.05. The average molecular weight is 394 g/mol. The van der Waals surface area contributed by atoms with Gasteiger partial charge in [0.05, 0.1) is 11.5 Å². The fourth-order valence-electron chi connectivity index (χ4n) is 2.35. The van der Waals surface area contributed by atoms with Crippen molar-refractivity contribution < 1.29 is 29.0 Å². The maximum absolute atomic E-state index is 12.5. The van der Waals surface area contributed by atoms with Gasteiger partial charge >= 0.3 is 0 Å². The molecule has 0 aromatic heterocycles. The van der Waals surface area contributed by atoms with Gasteiger partial charge in [-0.1, -0.05) is 12.1 Å². The van der Waals surface area contributed by atoms with Gasteiger partial charge in [-0.15, -0.1) is 0 Å². The second kappa shape index (κ2) is 9.98. The van der Waals surface area contributed by atoms with Crippen molar-refractivity contribution in [3.8, 4) is 11.5 Å². The molecule has 0 bridgehead atoms. The number of thioether (sulfide) groups is 1. The van der Waals surface area contributed by atoms with E-state index in [0.29, 0.717) is 37.5 Å². The first kappa shape index (κ1) is 20.8. The van der Waals surface area contributed by atoms with Crippen molar-refractivity contribution in [2.24, 2.45) is 0 Å². The molecule has 1 heterocycles. The lowest BCUT2D eigenvalue weighted by atomic mass is 10.1. The van der Waals surface area contributed by atoms with Crippen LogP contribution in [0.3, 0.4) is 0 Å². The number of hydrogen-bond donors (Lipinski definition) is 2. The third-order valence-electron chi connectivity index (χ3n) is 3.64. The summed E-state index contributed by atoms with van der Waals surface area (Å²) >= 11 is 0.725. The summed E-state index contributed by atoms with van der Waals surface area (Å²) in [5.74, 6) is -0.808. The Balaban J connectivity index is 2.06. The van der Waals surface area contributed by atoms with Crippen LogP contribution >= 0.6 is 11.8 Å². The lowest BCUT2D eigenvalue weighted by molar-refractivity contribution is -0.129. The highest BCUT2D eigenvalue weighted by Gasteiger charge is 2.36. The van der Waals surface area contributed by atoms with Gasteiger partial charge in [0, 0.05) is 25.8 Å². The van der Waals surface area contributed by atoms with Crippen LogP contribution in [0, 0.1) is 0 Å². The summed E-state index contributed by atoms with van der Waals surface area (Å²) in [5.41, 5.74) is 0.357. The predicted octanol–water partition coefficient (Wildman–Crippen LogP) is 1.98. The number of rotatable bonds is 9. The van der Waals surface area contributed by atoms with E-state index in [1.807, 2.05) is 0 Å². The van der Waals surface area contributed by atoms with Crippen molar-refractivity contribution in [2.45, 2.75) is 13.3 Å². The maximum atomic E-state index is 12.5. The smallest absolute Gasteiger partial charge is 0.294 e. The number of para-hydroxylation sites is 1. The first-order valence-corrected chi connectivity index (χ1v) is 9.25. The van der Waals surface area contributed by atoms with E-state index in [-0.39, 0.29) is 17.2 Å². The standard InChI is InChI=1S/C18H22N2O6S/c1-3-26-13-7-4-6-12(16(13)22)10-14-17(23)20(18(24)27-14)11-15(21)19-8-5-9-25-2/h4,6-7,10,22H,3,5,8-9,11H2,1-2H3,(H,19,21)/b14-10-. The number of imide groups is 1. The van der Waals surface area contributed by atoms with Crippen LogP contribution in [0.1, 0.15) is 18.9 Å². The van der Waals surface area contributed by atoms with E-state index in [1.54, 1.807) is 32.2 Å². The van der Waals surface area contributed by atoms with Crippen molar-refractivity contribution in [2.75, 3.05) is 33.4 Å². The number of aromatic hydroxyl groups is 1. The molecule has 0 saturated carbocycles. The molecule has 9 heteroatoms. The van der Waals surface area contributed by atoms with Crippen LogP contribution < -0.4 is 10.1 Å². The number of phenolic OH excluding ortho intramolecular Hbond substituents is 1. The molecule has 1 aliphatic rings. The zero-order chi connectivity index (χ0) is 19.8.